The SMILES string of the molecule is Nc1cc(Cl)nc(NCc2ccccc2Cl)c1. The van der Waals surface area contributed by atoms with E-state index in [0.29, 0.717) is 23.2 Å². The second kappa shape index (κ2) is 5.25. The van der Waals surface area contributed by atoms with Crippen molar-refractivity contribution in [3.8, 4) is 0 Å². The molecule has 0 saturated carbocycles. The normalized spacial score (nSPS) is 10.2. The average Bonchev–Trinajstić information content (AvgIpc) is 2.27. The van der Waals surface area contributed by atoms with Gasteiger partial charge in [0.1, 0.15) is 11.0 Å². The maximum Gasteiger partial charge on any atom is 0.133 e. The lowest BCUT2D eigenvalue weighted by Crippen LogP contribution is -2.02. The molecule has 0 atom stereocenters. The van der Waals surface area contributed by atoms with E-state index in [0.717, 1.165) is 10.6 Å². The Labute approximate surface area is 110 Å². The van der Waals surface area contributed by atoms with Gasteiger partial charge in [0.2, 0.25) is 0 Å². The number of hydrogen-bond acceptors (Lipinski definition) is 3. The van der Waals surface area contributed by atoms with E-state index in [1.807, 2.05) is 24.3 Å². The van der Waals surface area contributed by atoms with Crippen molar-refractivity contribution in [1.29, 1.82) is 0 Å². The molecule has 5 heteroatoms. The van der Waals surface area contributed by atoms with Crippen LogP contribution < -0.4 is 11.1 Å². The van der Waals surface area contributed by atoms with Crippen molar-refractivity contribution in [1.82, 2.24) is 4.98 Å². The molecule has 2 rings (SSSR count). The van der Waals surface area contributed by atoms with Crippen LogP contribution in [0, 0.1) is 0 Å². The van der Waals surface area contributed by atoms with Crippen molar-refractivity contribution >= 4 is 34.7 Å². The summed E-state index contributed by atoms with van der Waals surface area (Å²) in [6, 6.07) is 10.9. The summed E-state index contributed by atoms with van der Waals surface area (Å²) in [5.41, 5.74) is 7.24. The summed E-state index contributed by atoms with van der Waals surface area (Å²) >= 11 is 11.8. The minimum Gasteiger partial charge on any atom is -0.399 e. The number of nitrogens with one attached hydrogen (secondary N) is 1. The second-order valence-electron chi connectivity index (χ2n) is 3.55. The molecule has 0 aliphatic carbocycles. The van der Waals surface area contributed by atoms with Gasteiger partial charge in [0.15, 0.2) is 0 Å². The van der Waals surface area contributed by atoms with Crippen LogP contribution >= 0.6 is 23.2 Å². The molecular formula is C12H11Cl2N3. The summed E-state index contributed by atoms with van der Waals surface area (Å²) in [4.78, 5) is 4.11. The van der Waals surface area contributed by atoms with E-state index in [1.54, 1.807) is 12.1 Å². The molecule has 3 N–H and O–H groups in total. The fourth-order valence-electron chi connectivity index (χ4n) is 1.43. The fraction of sp³-hybridized carbons (Fsp3) is 0.0833. The van der Waals surface area contributed by atoms with E-state index in [4.69, 9.17) is 28.9 Å². The molecule has 0 saturated heterocycles. The van der Waals surface area contributed by atoms with Gasteiger partial charge >= 0.3 is 0 Å². The molecule has 0 bridgehead atoms. The zero-order chi connectivity index (χ0) is 12.3. The number of anilines is 2. The largest absolute Gasteiger partial charge is 0.399 e. The summed E-state index contributed by atoms with van der Waals surface area (Å²) < 4.78 is 0. The number of nitrogens with two attached hydrogens (primary N) is 1. The van der Waals surface area contributed by atoms with Gasteiger partial charge in [-0.1, -0.05) is 41.4 Å². The molecular weight excluding hydrogens is 257 g/mol. The molecule has 17 heavy (non-hydrogen) atoms. The minimum absolute atomic E-state index is 0.367. The van der Waals surface area contributed by atoms with E-state index in [1.165, 1.54) is 0 Å². The summed E-state index contributed by atoms with van der Waals surface area (Å²) in [7, 11) is 0. The van der Waals surface area contributed by atoms with Crippen LogP contribution in [0.2, 0.25) is 10.2 Å². The number of nitrogens with zero attached hydrogens (tertiary/aromatic N) is 1. The van der Waals surface area contributed by atoms with Gasteiger partial charge in [-0.3, -0.25) is 0 Å². The first-order chi connectivity index (χ1) is 8.15. The Morgan fingerprint density at radius 2 is 1.94 bits per heavy atom. The first kappa shape index (κ1) is 12.0. The molecule has 1 heterocycles. The molecule has 0 aliphatic heterocycles. The van der Waals surface area contributed by atoms with Gasteiger partial charge in [-0.2, -0.15) is 0 Å². The highest BCUT2D eigenvalue weighted by molar-refractivity contribution is 6.31. The van der Waals surface area contributed by atoms with E-state index in [9.17, 15) is 0 Å². The van der Waals surface area contributed by atoms with Crippen LogP contribution in [0.15, 0.2) is 36.4 Å². The molecule has 3 nitrogen and oxygen atoms in total. The van der Waals surface area contributed by atoms with Crippen molar-refractivity contribution < 1.29 is 0 Å². The van der Waals surface area contributed by atoms with Crippen LogP contribution in [0.1, 0.15) is 5.56 Å². The molecule has 0 spiro atoms. The fourth-order valence-corrected chi connectivity index (χ4v) is 1.85. The van der Waals surface area contributed by atoms with Crippen molar-refractivity contribution in [2.75, 3.05) is 11.1 Å². The number of hydrogen-bond donors (Lipinski definition) is 2. The minimum atomic E-state index is 0.367. The van der Waals surface area contributed by atoms with E-state index in [-0.39, 0.29) is 0 Å². The van der Waals surface area contributed by atoms with Gasteiger partial charge in [0, 0.05) is 23.3 Å². The third-order valence-corrected chi connectivity index (χ3v) is 2.80. The van der Waals surface area contributed by atoms with Crippen LogP contribution in [0.3, 0.4) is 0 Å². The predicted molar refractivity (Wildman–Crippen MR) is 72.4 cm³/mol. The van der Waals surface area contributed by atoms with E-state index >= 15 is 0 Å². The van der Waals surface area contributed by atoms with Crippen molar-refractivity contribution in [2.45, 2.75) is 6.54 Å². The second-order valence-corrected chi connectivity index (χ2v) is 4.35. The highest BCUT2D eigenvalue weighted by Crippen LogP contribution is 2.19. The summed E-state index contributed by atoms with van der Waals surface area (Å²) in [5.74, 6) is 0.634. The lowest BCUT2D eigenvalue weighted by Gasteiger charge is -2.08. The Hall–Kier alpha value is -1.45. The third kappa shape index (κ3) is 3.25. The number of rotatable bonds is 3. The van der Waals surface area contributed by atoms with Gasteiger partial charge in [-0.15, -0.1) is 0 Å². The summed E-state index contributed by atoms with van der Waals surface area (Å²) in [6.07, 6.45) is 0. The standard InChI is InChI=1S/C12H11Cl2N3/c13-10-4-2-1-3-8(10)7-16-12-6-9(15)5-11(14)17-12/h1-6H,7H2,(H3,15,16,17). The van der Waals surface area contributed by atoms with Crippen molar-refractivity contribution in [3.05, 3.63) is 52.1 Å². The van der Waals surface area contributed by atoms with E-state index < -0.39 is 0 Å². The summed E-state index contributed by atoms with van der Waals surface area (Å²) in [6.45, 7) is 0.576. The summed E-state index contributed by atoms with van der Waals surface area (Å²) in [5, 5.41) is 4.21. The average molecular weight is 268 g/mol. The van der Waals surface area contributed by atoms with Crippen molar-refractivity contribution in [2.24, 2.45) is 0 Å². The zero-order valence-corrected chi connectivity index (χ0v) is 10.5. The van der Waals surface area contributed by atoms with Gasteiger partial charge in [0.05, 0.1) is 0 Å². The number of pyridine rings is 1. The van der Waals surface area contributed by atoms with Crippen LogP contribution in [0.5, 0.6) is 0 Å². The van der Waals surface area contributed by atoms with Crippen LogP contribution in [-0.4, -0.2) is 4.98 Å². The molecule has 0 unspecified atom stereocenters. The predicted octanol–water partition coefficient (Wildman–Crippen LogP) is 3.58. The van der Waals surface area contributed by atoms with Gasteiger partial charge < -0.3 is 11.1 Å². The third-order valence-electron chi connectivity index (χ3n) is 2.23. The quantitative estimate of drug-likeness (QED) is 0.836. The molecule has 2 aromatic rings. The highest BCUT2D eigenvalue weighted by Gasteiger charge is 2.01. The van der Waals surface area contributed by atoms with E-state index in [2.05, 4.69) is 10.3 Å². The highest BCUT2D eigenvalue weighted by atomic mass is 35.5. The first-order valence-electron chi connectivity index (χ1n) is 5.05. The number of aromatic nitrogens is 1. The van der Waals surface area contributed by atoms with Crippen LogP contribution in [-0.2, 0) is 6.54 Å². The van der Waals surface area contributed by atoms with Crippen LogP contribution in [0.25, 0.3) is 0 Å². The number of nitrogen functional groups attached to an aromatic ring is 1. The van der Waals surface area contributed by atoms with Gasteiger partial charge in [-0.05, 0) is 17.7 Å². The molecule has 0 amide bonds. The van der Waals surface area contributed by atoms with Crippen molar-refractivity contribution in [3.63, 3.8) is 0 Å². The maximum absolute atomic E-state index is 6.04. The lowest BCUT2D eigenvalue weighted by molar-refractivity contribution is 1.11. The lowest BCUT2D eigenvalue weighted by atomic mass is 10.2. The van der Waals surface area contributed by atoms with Crippen LogP contribution in [0.4, 0.5) is 11.5 Å². The number of halogens is 2. The topological polar surface area (TPSA) is 50.9 Å². The monoisotopic (exact) mass is 267 g/mol. The Bertz CT molecular complexity index is 509. The zero-order valence-electron chi connectivity index (χ0n) is 8.95. The smallest absolute Gasteiger partial charge is 0.133 e. The molecule has 0 radical (unpaired) electrons. The molecule has 0 fully saturated rings. The Balaban J connectivity index is 2.10. The Morgan fingerprint density at radius 3 is 2.65 bits per heavy atom. The molecule has 0 aliphatic rings. The number of benzene rings is 1. The Kier molecular flexibility index (Phi) is 3.71. The Morgan fingerprint density at radius 1 is 1.18 bits per heavy atom. The molecule has 88 valence electrons. The molecule has 1 aromatic heterocycles. The van der Waals surface area contributed by atoms with Gasteiger partial charge in [-0.25, -0.2) is 4.98 Å². The van der Waals surface area contributed by atoms with Gasteiger partial charge in [0.25, 0.3) is 0 Å². The maximum atomic E-state index is 6.04. The molecule has 1 aromatic carbocycles. The first-order valence-corrected chi connectivity index (χ1v) is 5.81.